The number of hydrogen-bond donors (Lipinski definition) is 1. The van der Waals surface area contributed by atoms with E-state index in [4.69, 9.17) is 5.73 Å². The van der Waals surface area contributed by atoms with Crippen molar-refractivity contribution < 1.29 is 4.79 Å². The van der Waals surface area contributed by atoms with E-state index in [1.54, 1.807) is 18.2 Å². The third kappa shape index (κ3) is 2.79. The number of benzene rings is 2. The van der Waals surface area contributed by atoms with Gasteiger partial charge in [0.25, 0.3) is 0 Å². The topological polar surface area (TPSA) is 43.1 Å². The molecule has 2 nitrogen and oxygen atoms in total. The highest BCUT2D eigenvalue weighted by molar-refractivity contribution is 9.10. The maximum Gasteiger partial charge on any atom is 0.168 e. The molecule has 2 N–H and O–H groups in total. The molecule has 2 rings (SSSR count). The van der Waals surface area contributed by atoms with Crippen LogP contribution in [0.3, 0.4) is 0 Å². The van der Waals surface area contributed by atoms with Gasteiger partial charge in [0.05, 0.1) is 0 Å². The number of nitrogens with two attached hydrogens (primary N) is 1. The fraction of sp³-hybridized carbons (Fsp3) is 0.133. The predicted molar refractivity (Wildman–Crippen MR) is 77.8 cm³/mol. The number of anilines is 1. The van der Waals surface area contributed by atoms with Crippen molar-refractivity contribution in [3.63, 3.8) is 0 Å². The number of hydrogen-bond acceptors (Lipinski definition) is 2. The Bertz CT molecular complexity index is 593. The second kappa shape index (κ2) is 5.36. The summed E-state index contributed by atoms with van der Waals surface area (Å²) in [5.41, 5.74) is 9.18. The summed E-state index contributed by atoms with van der Waals surface area (Å²) in [5, 5.41) is 0. The van der Waals surface area contributed by atoms with Crippen molar-refractivity contribution in [1.82, 2.24) is 0 Å². The normalized spacial score (nSPS) is 10.3. The fourth-order valence-corrected chi connectivity index (χ4v) is 2.45. The largest absolute Gasteiger partial charge is 0.399 e. The number of Topliss-reactive ketones (excluding diaryl/α,β-unsaturated/α-hetero) is 1. The molecule has 0 saturated carbocycles. The van der Waals surface area contributed by atoms with E-state index in [1.165, 1.54) is 0 Å². The van der Waals surface area contributed by atoms with E-state index in [2.05, 4.69) is 15.9 Å². The molecule has 0 aliphatic rings. The van der Waals surface area contributed by atoms with E-state index in [0.717, 1.165) is 15.6 Å². The minimum absolute atomic E-state index is 0.0937. The van der Waals surface area contributed by atoms with Crippen molar-refractivity contribution in [3.8, 4) is 0 Å². The highest BCUT2D eigenvalue weighted by Crippen LogP contribution is 2.22. The summed E-state index contributed by atoms with van der Waals surface area (Å²) in [4.78, 5) is 12.2. The molecule has 3 heteroatoms. The minimum Gasteiger partial charge on any atom is -0.399 e. The van der Waals surface area contributed by atoms with Crippen LogP contribution < -0.4 is 5.73 Å². The molecule has 0 heterocycles. The Hall–Kier alpha value is -1.61. The number of carbonyl (C=O) groups excluding carboxylic acids is 1. The van der Waals surface area contributed by atoms with Gasteiger partial charge in [-0.05, 0) is 52.2 Å². The van der Waals surface area contributed by atoms with Crippen LogP contribution in [0.4, 0.5) is 5.69 Å². The highest BCUT2D eigenvalue weighted by atomic mass is 79.9. The summed E-state index contributed by atoms with van der Waals surface area (Å²) >= 11 is 3.38. The van der Waals surface area contributed by atoms with Crippen molar-refractivity contribution >= 4 is 27.4 Å². The molecule has 0 saturated heterocycles. The monoisotopic (exact) mass is 303 g/mol. The van der Waals surface area contributed by atoms with Gasteiger partial charge < -0.3 is 5.73 Å². The molecule has 0 aliphatic carbocycles. The van der Waals surface area contributed by atoms with Crippen LogP contribution in [-0.2, 0) is 6.42 Å². The van der Waals surface area contributed by atoms with Gasteiger partial charge in [-0.2, -0.15) is 0 Å². The summed E-state index contributed by atoms with van der Waals surface area (Å²) in [6.07, 6.45) is 0.412. The van der Waals surface area contributed by atoms with E-state index in [0.29, 0.717) is 17.7 Å². The lowest BCUT2D eigenvalue weighted by molar-refractivity contribution is 0.0992. The van der Waals surface area contributed by atoms with Crippen molar-refractivity contribution in [2.75, 3.05) is 5.73 Å². The van der Waals surface area contributed by atoms with Crippen LogP contribution in [0.2, 0.25) is 0 Å². The Balaban J connectivity index is 2.25. The molecule has 2 aromatic rings. The standard InChI is InChI=1S/C15H14BrNO/c1-10-4-2-3-5-11(10)8-15(18)13-7-6-12(17)9-14(13)16/h2-7,9H,8,17H2,1H3. The number of nitrogen functional groups attached to an aromatic ring is 1. The third-order valence-electron chi connectivity index (χ3n) is 2.91. The van der Waals surface area contributed by atoms with Crippen LogP contribution in [0.5, 0.6) is 0 Å². The Morgan fingerprint density at radius 3 is 2.61 bits per heavy atom. The van der Waals surface area contributed by atoms with E-state index < -0.39 is 0 Å². The van der Waals surface area contributed by atoms with Crippen LogP contribution in [0.15, 0.2) is 46.9 Å². The molecule has 0 spiro atoms. The Morgan fingerprint density at radius 1 is 1.22 bits per heavy atom. The third-order valence-corrected chi connectivity index (χ3v) is 3.56. The number of halogens is 1. The highest BCUT2D eigenvalue weighted by Gasteiger charge is 2.11. The van der Waals surface area contributed by atoms with Gasteiger partial charge in [0.15, 0.2) is 5.78 Å². The number of aryl methyl sites for hydroxylation is 1. The van der Waals surface area contributed by atoms with Crippen LogP contribution in [-0.4, -0.2) is 5.78 Å². The van der Waals surface area contributed by atoms with Gasteiger partial charge in [0.2, 0.25) is 0 Å². The second-order valence-corrected chi connectivity index (χ2v) is 5.12. The van der Waals surface area contributed by atoms with Gasteiger partial charge in [-0.1, -0.05) is 24.3 Å². The number of ketones is 1. The lowest BCUT2D eigenvalue weighted by Crippen LogP contribution is -2.06. The SMILES string of the molecule is Cc1ccccc1CC(=O)c1ccc(N)cc1Br. The summed E-state index contributed by atoms with van der Waals surface area (Å²) in [7, 11) is 0. The molecule has 0 aromatic heterocycles. The Morgan fingerprint density at radius 2 is 1.94 bits per heavy atom. The molecular weight excluding hydrogens is 290 g/mol. The number of rotatable bonds is 3. The first kappa shape index (κ1) is 12.8. The zero-order chi connectivity index (χ0) is 13.1. The summed E-state index contributed by atoms with van der Waals surface area (Å²) in [5.74, 6) is 0.0937. The van der Waals surface area contributed by atoms with Gasteiger partial charge in [-0.15, -0.1) is 0 Å². The van der Waals surface area contributed by atoms with Gasteiger partial charge >= 0.3 is 0 Å². The van der Waals surface area contributed by atoms with Crippen molar-refractivity contribution in [2.45, 2.75) is 13.3 Å². The molecule has 18 heavy (non-hydrogen) atoms. The first-order valence-electron chi connectivity index (χ1n) is 5.70. The molecule has 92 valence electrons. The minimum atomic E-state index is 0.0937. The fourth-order valence-electron chi connectivity index (χ4n) is 1.83. The van der Waals surface area contributed by atoms with E-state index in [9.17, 15) is 4.79 Å². The van der Waals surface area contributed by atoms with Gasteiger partial charge in [0.1, 0.15) is 0 Å². The maximum atomic E-state index is 12.2. The van der Waals surface area contributed by atoms with E-state index in [-0.39, 0.29) is 5.78 Å². The average Bonchev–Trinajstić information content (AvgIpc) is 2.32. The first-order chi connectivity index (χ1) is 8.58. The van der Waals surface area contributed by atoms with Crippen molar-refractivity contribution in [2.24, 2.45) is 0 Å². The summed E-state index contributed by atoms with van der Waals surface area (Å²) < 4.78 is 0.751. The van der Waals surface area contributed by atoms with Crippen LogP contribution in [0.25, 0.3) is 0 Å². The van der Waals surface area contributed by atoms with Crippen LogP contribution in [0.1, 0.15) is 21.5 Å². The zero-order valence-electron chi connectivity index (χ0n) is 10.1. The lowest BCUT2D eigenvalue weighted by atomic mass is 9.99. The van der Waals surface area contributed by atoms with Crippen LogP contribution >= 0.6 is 15.9 Å². The second-order valence-electron chi connectivity index (χ2n) is 4.27. The first-order valence-corrected chi connectivity index (χ1v) is 6.50. The molecule has 0 fully saturated rings. The van der Waals surface area contributed by atoms with Crippen molar-refractivity contribution in [1.29, 1.82) is 0 Å². The molecule has 2 aromatic carbocycles. The quantitative estimate of drug-likeness (QED) is 0.693. The van der Waals surface area contributed by atoms with E-state index >= 15 is 0 Å². The predicted octanol–water partition coefficient (Wildman–Crippen LogP) is 3.77. The molecule has 0 atom stereocenters. The average molecular weight is 304 g/mol. The molecular formula is C15H14BrNO. The lowest BCUT2D eigenvalue weighted by Gasteiger charge is -2.07. The molecule has 0 radical (unpaired) electrons. The summed E-state index contributed by atoms with van der Waals surface area (Å²) in [6.45, 7) is 2.01. The number of carbonyl (C=O) groups is 1. The molecule has 0 bridgehead atoms. The van der Waals surface area contributed by atoms with Gasteiger partial charge in [0, 0.05) is 22.1 Å². The van der Waals surface area contributed by atoms with Gasteiger partial charge in [-0.3, -0.25) is 4.79 Å². The van der Waals surface area contributed by atoms with Crippen molar-refractivity contribution in [3.05, 3.63) is 63.6 Å². The Labute approximate surface area is 115 Å². The smallest absolute Gasteiger partial charge is 0.168 e. The molecule has 0 aliphatic heterocycles. The zero-order valence-corrected chi connectivity index (χ0v) is 11.7. The maximum absolute atomic E-state index is 12.2. The summed E-state index contributed by atoms with van der Waals surface area (Å²) in [6, 6.07) is 13.2. The molecule has 0 amide bonds. The van der Waals surface area contributed by atoms with Gasteiger partial charge in [-0.25, -0.2) is 0 Å². The molecule has 0 unspecified atom stereocenters. The Kier molecular flexibility index (Phi) is 3.82. The van der Waals surface area contributed by atoms with Crippen LogP contribution in [0, 0.1) is 6.92 Å². The van der Waals surface area contributed by atoms with E-state index in [1.807, 2.05) is 31.2 Å².